The highest BCUT2D eigenvalue weighted by Crippen LogP contribution is 2.33. The summed E-state index contributed by atoms with van der Waals surface area (Å²) in [6.45, 7) is 7.85. The van der Waals surface area contributed by atoms with Crippen LogP contribution in [-0.4, -0.2) is 38.9 Å². The lowest BCUT2D eigenvalue weighted by atomic mass is 10.3. The van der Waals surface area contributed by atoms with E-state index in [0.29, 0.717) is 0 Å². The van der Waals surface area contributed by atoms with E-state index in [1.165, 1.54) is 7.11 Å². The number of hydrazine groups is 1. The van der Waals surface area contributed by atoms with Crippen molar-refractivity contribution in [3.8, 4) is 0 Å². The number of nitrogens with zero attached hydrogens (tertiary/aromatic N) is 2. The Morgan fingerprint density at radius 1 is 1.08 bits per heavy atom. The predicted octanol–water partition coefficient (Wildman–Crippen LogP) is 1.10. The summed E-state index contributed by atoms with van der Waals surface area (Å²) in [7, 11) is -0.815. The molecule has 0 aromatic carbocycles. The third-order valence-electron chi connectivity index (χ3n) is 1.57. The molecule has 0 aliphatic rings. The monoisotopic (exact) mass is 210 g/mol. The minimum Gasteiger partial charge on any atom is -0.336 e. The van der Waals surface area contributed by atoms with E-state index in [4.69, 9.17) is 14.6 Å². The van der Waals surface area contributed by atoms with Crippen molar-refractivity contribution in [1.29, 1.82) is 0 Å². The molecule has 13 heavy (non-hydrogen) atoms. The molecule has 80 valence electrons. The molecule has 0 spiro atoms. The van der Waals surface area contributed by atoms with Gasteiger partial charge in [0.25, 0.3) is 8.53 Å². The fourth-order valence-electron chi connectivity index (χ4n) is 1.25. The van der Waals surface area contributed by atoms with Gasteiger partial charge in [-0.25, -0.2) is 5.01 Å². The molecular formula is C7H19N2O3P. The molecule has 5 nitrogen and oxygen atoms in total. The molecular weight excluding hydrogens is 191 g/mol. The first-order chi connectivity index (χ1) is 5.91. The van der Waals surface area contributed by atoms with Crippen LogP contribution in [0.3, 0.4) is 0 Å². The van der Waals surface area contributed by atoms with E-state index in [-0.39, 0.29) is 12.1 Å². The number of hydrogen-bond donors (Lipinski definition) is 2. The largest absolute Gasteiger partial charge is 0.336 e. The van der Waals surface area contributed by atoms with Gasteiger partial charge in [0.05, 0.1) is 7.11 Å². The maximum atomic E-state index is 9.06. The van der Waals surface area contributed by atoms with Gasteiger partial charge < -0.3 is 9.79 Å². The molecule has 0 aromatic heterocycles. The second-order valence-electron chi connectivity index (χ2n) is 3.27. The second-order valence-corrected chi connectivity index (χ2v) is 4.15. The Morgan fingerprint density at radius 2 is 1.46 bits per heavy atom. The fourth-order valence-corrected chi connectivity index (χ4v) is 2.00. The summed E-state index contributed by atoms with van der Waals surface area (Å²) in [6.07, 6.45) is 0. The fraction of sp³-hybridized carbons (Fsp3) is 1.00. The van der Waals surface area contributed by atoms with E-state index in [9.17, 15) is 0 Å². The van der Waals surface area contributed by atoms with E-state index in [2.05, 4.69) is 0 Å². The summed E-state index contributed by atoms with van der Waals surface area (Å²) >= 11 is 0. The highest BCUT2D eigenvalue weighted by molar-refractivity contribution is 7.42. The zero-order valence-corrected chi connectivity index (χ0v) is 9.69. The molecule has 2 N–H and O–H groups in total. The Labute approximate surface area is 80.8 Å². The second kappa shape index (κ2) is 5.86. The van der Waals surface area contributed by atoms with Gasteiger partial charge in [-0.3, -0.25) is 4.84 Å². The quantitative estimate of drug-likeness (QED) is 0.525. The van der Waals surface area contributed by atoms with E-state index in [1.54, 1.807) is 5.01 Å². The highest BCUT2D eigenvalue weighted by atomic mass is 31.2. The van der Waals surface area contributed by atoms with Crippen molar-refractivity contribution in [3.63, 3.8) is 0 Å². The Morgan fingerprint density at radius 3 is 1.54 bits per heavy atom. The molecule has 0 radical (unpaired) electrons. The Kier molecular flexibility index (Phi) is 5.96. The molecule has 0 saturated heterocycles. The summed E-state index contributed by atoms with van der Waals surface area (Å²) < 4.78 is 0. The summed E-state index contributed by atoms with van der Waals surface area (Å²) in [5, 5.41) is 1.77. The Hall–Kier alpha value is 0.230. The average Bonchev–Trinajstić information content (AvgIpc) is 1.97. The summed E-state index contributed by atoms with van der Waals surface area (Å²) in [5.41, 5.74) is 0. The van der Waals surface area contributed by atoms with Crippen LogP contribution in [0.5, 0.6) is 0 Å². The molecule has 0 aliphatic heterocycles. The third kappa shape index (κ3) is 3.85. The zero-order chi connectivity index (χ0) is 10.6. The van der Waals surface area contributed by atoms with Gasteiger partial charge >= 0.3 is 0 Å². The van der Waals surface area contributed by atoms with Crippen LogP contribution in [0.4, 0.5) is 0 Å². The first-order valence-corrected chi connectivity index (χ1v) is 5.42. The van der Waals surface area contributed by atoms with Gasteiger partial charge in [0, 0.05) is 12.1 Å². The van der Waals surface area contributed by atoms with Gasteiger partial charge in [-0.05, 0) is 32.6 Å². The van der Waals surface area contributed by atoms with Crippen molar-refractivity contribution in [2.24, 2.45) is 0 Å². The Balaban J connectivity index is 4.49. The van der Waals surface area contributed by atoms with Crippen molar-refractivity contribution >= 4 is 8.53 Å². The molecule has 0 unspecified atom stereocenters. The summed E-state index contributed by atoms with van der Waals surface area (Å²) in [5.74, 6) is 0. The molecule has 0 heterocycles. The van der Waals surface area contributed by atoms with Crippen LogP contribution in [0, 0.1) is 0 Å². The van der Waals surface area contributed by atoms with Crippen molar-refractivity contribution in [2.75, 3.05) is 7.11 Å². The maximum absolute atomic E-state index is 9.06. The average molecular weight is 210 g/mol. The van der Waals surface area contributed by atoms with Crippen LogP contribution in [-0.2, 0) is 4.84 Å². The van der Waals surface area contributed by atoms with Crippen molar-refractivity contribution in [3.05, 3.63) is 0 Å². The van der Waals surface area contributed by atoms with Gasteiger partial charge in [-0.1, -0.05) is 0 Å². The first kappa shape index (κ1) is 13.2. The molecule has 6 heteroatoms. The minimum absolute atomic E-state index is 0.157. The lowest BCUT2D eigenvalue weighted by molar-refractivity contribution is -0.228. The Bertz CT molecular complexity index is 136. The molecule has 0 fully saturated rings. The van der Waals surface area contributed by atoms with Crippen molar-refractivity contribution < 1.29 is 14.6 Å². The van der Waals surface area contributed by atoms with Gasteiger partial charge in [-0.2, -0.15) is 0 Å². The molecule has 0 rings (SSSR count). The van der Waals surface area contributed by atoms with Crippen LogP contribution in [0.15, 0.2) is 0 Å². The van der Waals surface area contributed by atoms with E-state index in [1.807, 2.05) is 27.7 Å². The standard InChI is InChI=1S/C7H19N2O3P/c1-6(2)8(7(3)4)9(12-5)13(10)11/h6-7,10-11H,1-5H3. The SMILES string of the molecule is CON(N(C(C)C)C(C)C)P(O)O. The normalized spacial score (nSPS) is 12.9. The van der Waals surface area contributed by atoms with Crippen LogP contribution < -0.4 is 0 Å². The van der Waals surface area contributed by atoms with Crippen molar-refractivity contribution in [1.82, 2.24) is 9.95 Å². The zero-order valence-electron chi connectivity index (χ0n) is 8.80. The summed E-state index contributed by atoms with van der Waals surface area (Å²) in [6, 6.07) is 0.313. The molecule has 0 saturated carbocycles. The molecule has 0 amide bonds. The molecule has 0 aromatic rings. The minimum atomic E-state index is -2.23. The van der Waals surface area contributed by atoms with E-state index < -0.39 is 8.53 Å². The predicted molar refractivity (Wildman–Crippen MR) is 52.3 cm³/mol. The van der Waals surface area contributed by atoms with E-state index in [0.717, 1.165) is 4.94 Å². The van der Waals surface area contributed by atoms with Crippen LogP contribution in [0.1, 0.15) is 27.7 Å². The van der Waals surface area contributed by atoms with Crippen LogP contribution in [0.25, 0.3) is 0 Å². The smallest absolute Gasteiger partial charge is 0.294 e. The van der Waals surface area contributed by atoms with Crippen molar-refractivity contribution in [2.45, 2.75) is 39.8 Å². The summed E-state index contributed by atoms with van der Waals surface area (Å²) in [4.78, 5) is 24.1. The molecule has 0 bridgehead atoms. The van der Waals surface area contributed by atoms with Gasteiger partial charge in [0.1, 0.15) is 0 Å². The molecule has 0 aliphatic carbocycles. The molecule has 0 atom stereocenters. The lowest BCUT2D eigenvalue weighted by Crippen LogP contribution is -2.47. The third-order valence-corrected chi connectivity index (χ3v) is 2.25. The van der Waals surface area contributed by atoms with Crippen LogP contribution >= 0.6 is 8.53 Å². The first-order valence-electron chi connectivity index (χ1n) is 4.22. The van der Waals surface area contributed by atoms with Gasteiger partial charge in [0.15, 0.2) is 0 Å². The van der Waals surface area contributed by atoms with Gasteiger partial charge in [0.2, 0.25) is 0 Å². The van der Waals surface area contributed by atoms with E-state index >= 15 is 0 Å². The van der Waals surface area contributed by atoms with Crippen LogP contribution in [0.2, 0.25) is 0 Å². The topological polar surface area (TPSA) is 56.2 Å². The highest BCUT2D eigenvalue weighted by Gasteiger charge is 2.27. The maximum Gasteiger partial charge on any atom is 0.294 e. The van der Waals surface area contributed by atoms with Gasteiger partial charge in [-0.15, -0.1) is 0 Å². The lowest BCUT2D eigenvalue weighted by Gasteiger charge is -2.38. The number of rotatable bonds is 5. The number of hydrogen-bond acceptors (Lipinski definition) is 5.